The molecule has 2 aromatic carbocycles. The Bertz CT molecular complexity index is 1130. The molecule has 0 saturated heterocycles. The van der Waals surface area contributed by atoms with Crippen molar-refractivity contribution in [2.75, 3.05) is 6.54 Å². The number of benzene rings is 2. The van der Waals surface area contributed by atoms with Crippen LogP contribution in [0.1, 0.15) is 17.2 Å². The van der Waals surface area contributed by atoms with Gasteiger partial charge >= 0.3 is 18.5 Å². The van der Waals surface area contributed by atoms with E-state index < -0.39 is 60.7 Å². The predicted molar refractivity (Wildman–Crippen MR) is 130 cm³/mol. The zero-order valence-corrected chi connectivity index (χ0v) is 22.3. The summed E-state index contributed by atoms with van der Waals surface area (Å²) in [7, 11) is 0. The summed E-state index contributed by atoms with van der Waals surface area (Å²) < 4.78 is 111. The van der Waals surface area contributed by atoms with Gasteiger partial charge in [0.2, 0.25) is 5.91 Å². The minimum absolute atomic E-state index is 0.106. The second-order valence-electron chi connectivity index (χ2n) is 7.38. The molecule has 6 nitrogen and oxygen atoms in total. The molecule has 37 heavy (non-hydrogen) atoms. The molecule has 2 atom stereocenters. The van der Waals surface area contributed by atoms with Crippen LogP contribution in [0.4, 0.5) is 35.1 Å². The van der Waals surface area contributed by atoms with Crippen LogP contribution in [-0.4, -0.2) is 42.1 Å². The third kappa shape index (κ3) is 8.43. The molecule has 1 amide bonds. The molecular weight excluding hydrogens is 748 g/mol. The summed E-state index contributed by atoms with van der Waals surface area (Å²) in [5.74, 6) is -7.53. The molecule has 202 valence electrons. The lowest BCUT2D eigenvalue weighted by Crippen LogP contribution is -2.54. The van der Waals surface area contributed by atoms with Crippen molar-refractivity contribution in [1.82, 2.24) is 10.6 Å². The van der Waals surface area contributed by atoms with Crippen molar-refractivity contribution in [3.63, 3.8) is 0 Å². The van der Waals surface area contributed by atoms with Crippen LogP contribution in [0.25, 0.3) is 0 Å². The number of phenols is 1. The number of nitrogens with zero attached hydrogens (tertiary/aromatic N) is 1. The quantitative estimate of drug-likeness (QED) is 0.176. The summed E-state index contributed by atoms with van der Waals surface area (Å²) in [6.45, 7) is -0.578. The van der Waals surface area contributed by atoms with E-state index in [1.807, 2.05) is 5.32 Å². The van der Waals surface area contributed by atoms with Gasteiger partial charge in [0.15, 0.2) is 0 Å². The highest BCUT2D eigenvalue weighted by atomic mass is 127. The Labute approximate surface area is 231 Å². The summed E-state index contributed by atoms with van der Waals surface area (Å²) in [5, 5.41) is 22.7. The van der Waals surface area contributed by atoms with Crippen LogP contribution in [0.5, 0.6) is 11.5 Å². The average Bonchev–Trinajstić information content (AvgIpc) is 2.77. The molecule has 0 fully saturated rings. The van der Waals surface area contributed by atoms with Crippen LogP contribution >= 0.6 is 45.2 Å². The number of hydrogen-bond donors (Lipinski definition) is 3. The van der Waals surface area contributed by atoms with E-state index in [1.165, 1.54) is 12.1 Å². The first kappa shape index (κ1) is 31.1. The van der Waals surface area contributed by atoms with Crippen molar-refractivity contribution in [2.24, 2.45) is 0 Å². The summed E-state index contributed by atoms with van der Waals surface area (Å²) in [4.78, 5) is 12.6. The van der Waals surface area contributed by atoms with Crippen molar-refractivity contribution in [3.05, 3.63) is 54.7 Å². The maximum Gasteiger partial charge on any atom is 0.573 e. The number of alkyl halides is 8. The molecular formula is C21H15F8I2N3O3. The standard InChI is InChI=1S/C21H15F8I2N3O3/c22-19(23,20(24,25)26)17(11-1-3-12(4-2-11)37-21(27,28)29)34-15(18(36)33-6-5-32)9-10-7-13(30)16(35)14(31)8-10/h1-4,7-8,15,17,34-35H,6,9H2,(H,33,36)/t15-,17-/m0/s1. The van der Waals surface area contributed by atoms with Crippen LogP contribution < -0.4 is 15.4 Å². The third-order valence-electron chi connectivity index (χ3n) is 4.73. The SMILES string of the molecule is N#CCNC(=O)[C@H](Cc1cc(I)c(O)c(I)c1)N[C@@H](c1ccc(OC(F)(F)F)cc1)C(F)(F)C(F)(F)F. The Kier molecular flexibility index (Phi) is 10.2. The van der Waals surface area contributed by atoms with E-state index in [0.717, 1.165) is 0 Å². The first-order valence-electron chi connectivity index (χ1n) is 9.84. The fraction of sp³-hybridized carbons (Fsp3) is 0.333. The molecule has 16 heteroatoms. The second-order valence-corrected chi connectivity index (χ2v) is 9.70. The largest absolute Gasteiger partial charge is 0.573 e. The number of amides is 1. The number of carbonyl (C=O) groups is 1. The number of nitrogens with one attached hydrogen (secondary N) is 2. The van der Waals surface area contributed by atoms with Gasteiger partial charge < -0.3 is 15.2 Å². The first-order valence-corrected chi connectivity index (χ1v) is 12.0. The molecule has 2 aromatic rings. The molecule has 3 N–H and O–H groups in total. The monoisotopic (exact) mass is 763 g/mol. The molecule has 0 saturated carbocycles. The van der Waals surface area contributed by atoms with Gasteiger partial charge in [-0.05, 0) is 87.0 Å². The molecule has 0 heterocycles. The molecule has 0 aliphatic rings. The Hall–Kier alpha value is -2.14. The molecule has 0 spiro atoms. The second kappa shape index (κ2) is 12.1. The molecule has 0 aromatic heterocycles. The van der Waals surface area contributed by atoms with Crippen molar-refractivity contribution >= 4 is 51.1 Å². The van der Waals surface area contributed by atoms with Crippen LogP contribution in [0.15, 0.2) is 36.4 Å². The van der Waals surface area contributed by atoms with E-state index >= 15 is 0 Å². The first-order chi connectivity index (χ1) is 17.0. The van der Waals surface area contributed by atoms with Crippen LogP contribution in [-0.2, 0) is 11.2 Å². The number of phenolic OH excluding ortho intramolecular Hbond substituents is 1. The van der Waals surface area contributed by atoms with Gasteiger partial charge in [-0.1, -0.05) is 12.1 Å². The van der Waals surface area contributed by atoms with E-state index in [4.69, 9.17) is 5.26 Å². The van der Waals surface area contributed by atoms with Crippen molar-refractivity contribution in [2.45, 2.75) is 37.0 Å². The fourth-order valence-corrected chi connectivity index (χ4v) is 4.98. The Morgan fingerprint density at radius 3 is 2.03 bits per heavy atom. The number of ether oxygens (including phenoxy) is 1. The lowest BCUT2D eigenvalue weighted by atomic mass is 9.96. The zero-order valence-electron chi connectivity index (χ0n) is 18.0. The van der Waals surface area contributed by atoms with Gasteiger partial charge in [-0.3, -0.25) is 10.1 Å². The molecule has 2 rings (SSSR count). The Balaban J connectivity index is 2.52. The van der Waals surface area contributed by atoms with Gasteiger partial charge in [-0.2, -0.15) is 27.2 Å². The van der Waals surface area contributed by atoms with Gasteiger partial charge in [0.25, 0.3) is 0 Å². The molecule has 0 aliphatic heterocycles. The maximum atomic E-state index is 14.6. The summed E-state index contributed by atoms with van der Waals surface area (Å²) >= 11 is 3.51. The highest BCUT2D eigenvalue weighted by Crippen LogP contribution is 2.45. The van der Waals surface area contributed by atoms with E-state index in [9.17, 15) is 45.0 Å². The van der Waals surface area contributed by atoms with Crippen LogP contribution in [0.3, 0.4) is 0 Å². The lowest BCUT2D eigenvalue weighted by Gasteiger charge is -2.33. The minimum Gasteiger partial charge on any atom is -0.506 e. The van der Waals surface area contributed by atoms with Gasteiger partial charge in [0.05, 0.1) is 19.3 Å². The van der Waals surface area contributed by atoms with E-state index in [2.05, 4.69) is 10.1 Å². The summed E-state index contributed by atoms with van der Waals surface area (Å²) in [6, 6.07) is 1.93. The maximum absolute atomic E-state index is 14.6. The van der Waals surface area contributed by atoms with E-state index in [-0.39, 0.29) is 11.3 Å². The number of nitriles is 1. The molecule has 0 unspecified atom stereocenters. The molecule has 0 aliphatic carbocycles. The minimum atomic E-state index is -6.11. The van der Waals surface area contributed by atoms with E-state index in [0.29, 0.717) is 31.4 Å². The van der Waals surface area contributed by atoms with Crippen molar-refractivity contribution in [1.29, 1.82) is 5.26 Å². The highest BCUT2D eigenvalue weighted by Gasteiger charge is 2.63. The number of carbonyl (C=O) groups excluding carboxylic acids is 1. The summed E-state index contributed by atoms with van der Waals surface area (Å²) in [6.07, 6.45) is -11.7. The van der Waals surface area contributed by atoms with Crippen molar-refractivity contribution < 1.29 is 49.8 Å². The normalized spacial score (nSPS) is 14.0. The van der Waals surface area contributed by atoms with Gasteiger partial charge in [-0.25, -0.2) is 0 Å². The smallest absolute Gasteiger partial charge is 0.506 e. The lowest BCUT2D eigenvalue weighted by molar-refractivity contribution is -0.294. The van der Waals surface area contributed by atoms with Crippen molar-refractivity contribution in [3.8, 4) is 17.6 Å². The predicted octanol–water partition coefficient (Wildman–Crippen LogP) is 5.58. The number of halogens is 10. The van der Waals surface area contributed by atoms with Gasteiger partial charge in [0.1, 0.15) is 24.1 Å². The Morgan fingerprint density at radius 2 is 1.57 bits per heavy atom. The van der Waals surface area contributed by atoms with E-state index in [1.54, 1.807) is 51.3 Å². The zero-order chi connectivity index (χ0) is 28.2. The average molecular weight is 763 g/mol. The van der Waals surface area contributed by atoms with Crippen LogP contribution in [0, 0.1) is 18.5 Å². The highest BCUT2D eigenvalue weighted by molar-refractivity contribution is 14.1. The molecule has 0 radical (unpaired) electrons. The third-order valence-corrected chi connectivity index (χ3v) is 6.37. The number of aromatic hydroxyl groups is 1. The van der Waals surface area contributed by atoms with Gasteiger partial charge in [-0.15, -0.1) is 13.2 Å². The number of hydrogen-bond acceptors (Lipinski definition) is 5. The Morgan fingerprint density at radius 1 is 1.03 bits per heavy atom. The fourth-order valence-electron chi connectivity index (χ4n) is 3.09. The number of rotatable bonds is 9. The van der Waals surface area contributed by atoms with Gasteiger partial charge in [0, 0.05) is 0 Å². The topological polar surface area (TPSA) is 94.4 Å². The summed E-state index contributed by atoms with van der Waals surface area (Å²) in [5.41, 5.74) is -0.510. The van der Waals surface area contributed by atoms with Crippen LogP contribution in [0.2, 0.25) is 0 Å². The molecule has 0 bridgehead atoms.